The third-order valence-electron chi connectivity index (χ3n) is 4.33. The molecular weight excluding hydrogens is 262 g/mol. The zero-order valence-corrected chi connectivity index (χ0v) is 13.3. The summed E-state index contributed by atoms with van der Waals surface area (Å²) >= 11 is 0. The van der Waals surface area contributed by atoms with E-state index in [0.29, 0.717) is 5.57 Å². The fourth-order valence-corrected chi connectivity index (χ4v) is 3.02. The minimum atomic E-state index is -0.220. The van der Waals surface area contributed by atoms with Gasteiger partial charge in [0.15, 0.2) is 0 Å². The topological polar surface area (TPSA) is 38.3 Å². The molecule has 116 valence electrons. The molecule has 3 nitrogen and oxygen atoms in total. The van der Waals surface area contributed by atoms with E-state index in [9.17, 15) is 4.79 Å². The van der Waals surface area contributed by atoms with Gasteiger partial charge in [0.25, 0.3) is 0 Å². The number of hydrogen-bond acceptors (Lipinski definition) is 3. The number of carbonyl (C=O) groups is 1. The maximum atomic E-state index is 11.8. The number of carbonyl (C=O) groups excluding carboxylic acids is 1. The van der Waals surface area contributed by atoms with Crippen LogP contribution in [-0.4, -0.2) is 25.2 Å². The highest BCUT2D eigenvalue weighted by atomic mass is 16.5. The molecule has 0 bridgehead atoms. The molecule has 0 spiro atoms. The van der Waals surface area contributed by atoms with E-state index >= 15 is 0 Å². The van der Waals surface area contributed by atoms with Gasteiger partial charge in [-0.1, -0.05) is 30.7 Å². The molecule has 1 aliphatic heterocycles. The first-order valence-electron chi connectivity index (χ1n) is 8.07. The van der Waals surface area contributed by atoms with Gasteiger partial charge in [-0.15, -0.1) is 0 Å². The molecule has 1 heterocycles. The van der Waals surface area contributed by atoms with Crippen molar-refractivity contribution in [2.75, 3.05) is 13.1 Å². The summed E-state index contributed by atoms with van der Waals surface area (Å²) < 4.78 is 5.46. The molecule has 0 saturated carbocycles. The van der Waals surface area contributed by atoms with Gasteiger partial charge in [0.05, 0.1) is 0 Å². The average molecular weight is 289 g/mol. The van der Waals surface area contributed by atoms with E-state index in [4.69, 9.17) is 4.74 Å². The Kier molecular flexibility index (Phi) is 5.80. The second kappa shape index (κ2) is 7.60. The van der Waals surface area contributed by atoms with Crippen molar-refractivity contribution in [1.82, 2.24) is 5.32 Å². The summed E-state index contributed by atoms with van der Waals surface area (Å²) in [5.41, 5.74) is 3.39. The van der Waals surface area contributed by atoms with Gasteiger partial charge in [-0.25, -0.2) is 4.79 Å². The van der Waals surface area contributed by atoms with Crippen molar-refractivity contribution in [3.8, 4) is 0 Å². The van der Waals surface area contributed by atoms with Crippen LogP contribution in [0.25, 0.3) is 0 Å². The molecule has 0 aromatic carbocycles. The van der Waals surface area contributed by atoms with E-state index < -0.39 is 0 Å². The van der Waals surface area contributed by atoms with Gasteiger partial charge in [0.2, 0.25) is 0 Å². The Bertz CT molecular complexity index is 462. The van der Waals surface area contributed by atoms with E-state index in [-0.39, 0.29) is 18.0 Å². The van der Waals surface area contributed by atoms with Crippen LogP contribution in [0.4, 0.5) is 0 Å². The largest absolute Gasteiger partial charge is 0.454 e. The van der Waals surface area contributed by atoms with E-state index in [1.807, 2.05) is 0 Å². The van der Waals surface area contributed by atoms with Crippen LogP contribution < -0.4 is 5.32 Å². The Morgan fingerprint density at radius 1 is 1.43 bits per heavy atom. The van der Waals surface area contributed by atoms with Crippen LogP contribution in [0.3, 0.4) is 0 Å². The predicted molar refractivity (Wildman–Crippen MR) is 86.0 cm³/mol. The smallest absolute Gasteiger partial charge is 0.334 e. The van der Waals surface area contributed by atoms with Crippen LogP contribution in [0.5, 0.6) is 0 Å². The number of allylic oxidation sites excluding steroid dienone is 2. The third kappa shape index (κ3) is 4.31. The second-order valence-corrected chi connectivity index (χ2v) is 6.13. The van der Waals surface area contributed by atoms with Gasteiger partial charge in [0.1, 0.15) is 6.10 Å². The van der Waals surface area contributed by atoms with Gasteiger partial charge in [-0.2, -0.15) is 0 Å². The summed E-state index contributed by atoms with van der Waals surface area (Å²) in [6.45, 7) is 10.2. The number of fused-ring (bicyclic) bond motifs is 1. The van der Waals surface area contributed by atoms with Crippen molar-refractivity contribution < 1.29 is 9.53 Å². The molecule has 0 unspecified atom stereocenters. The lowest BCUT2D eigenvalue weighted by Crippen LogP contribution is -2.20. The molecule has 3 heteroatoms. The molecule has 1 fully saturated rings. The van der Waals surface area contributed by atoms with Crippen LogP contribution in [0, 0.1) is 5.92 Å². The number of esters is 1. The Morgan fingerprint density at radius 2 is 2.24 bits per heavy atom. The summed E-state index contributed by atoms with van der Waals surface area (Å²) in [5, 5.41) is 3.48. The van der Waals surface area contributed by atoms with E-state index in [1.54, 1.807) is 0 Å². The maximum Gasteiger partial charge on any atom is 0.334 e. The first kappa shape index (κ1) is 16.0. The highest BCUT2D eigenvalue weighted by Crippen LogP contribution is 2.34. The van der Waals surface area contributed by atoms with Crippen molar-refractivity contribution in [3.05, 3.63) is 35.5 Å². The highest BCUT2D eigenvalue weighted by molar-refractivity contribution is 5.91. The molecule has 0 radical (unpaired) electrons. The molecule has 0 amide bonds. The average Bonchev–Trinajstić information content (AvgIpc) is 2.71. The third-order valence-corrected chi connectivity index (χ3v) is 4.33. The fraction of sp³-hybridized carbons (Fsp3) is 0.611. The van der Waals surface area contributed by atoms with Crippen molar-refractivity contribution in [3.63, 3.8) is 0 Å². The molecule has 2 atom stereocenters. The Labute approximate surface area is 128 Å². The van der Waals surface area contributed by atoms with Gasteiger partial charge >= 0.3 is 5.97 Å². The highest BCUT2D eigenvalue weighted by Gasteiger charge is 2.37. The van der Waals surface area contributed by atoms with Crippen LogP contribution in [-0.2, 0) is 9.53 Å². The van der Waals surface area contributed by atoms with Crippen LogP contribution in [0.1, 0.15) is 46.0 Å². The quantitative estimate of drug-likeness (QED) is 0.372. The summed E-state index contributed by atoms with van der Waals surface area (Å²) in [6, 6.07) is 0. The second-order valence-electron chi connectivity index (χ2n) is 6.13. The van der Waals surface area contributed by atoms with Crippen molar-refractivity contribution in [2.24, 2.45) is 5.92 Å². The Hall–Kier alpha value is -1.35. The molecular formula is C18H27NO2. The van der Waals surface area contributed by atoms with Gasteiger partial charge in [-0.05, 0) is 51.6 Å². The maximum absolute atomic E-state index is 11.8. The Balaban J connectivity index is 2.07. The SMILES string of the molecule is C=C1C(=O)O[C@@H]2C=C(C)CCC=C(CNCCC)CC[C@H]12. The van der Waals surface area contributed by atoms with Gasteiger partial charge in [-0.3, -0.25) is 0 Å². The predicted octanol–water partition coefficient (Wildman–Crippen LogP) is 3.53. The first-order valence-corrected chi connectivity index (χ1v) is 8.07. The molecule has 1 saturated heterocycles. The van der Waals surface area contributed by atoms with Gasteiger partial charge in [0, 0.05) is 18.0 Å². The summed E-state index contributed by atoms with van der Waals surface area (Å²) in [5.74, 6) is -0.0805. The molecule has 0 aromatic rings. The van der Waals surface area contributed by atoms with Crippen molar-refractivity contribution in [2.45, 2.75) is 52.1 Å². The number of nitrogens with one attached hydrogen (secondary N) is 1. The van der Waals surface area contributed by atoms with E-state index in [2.05, 4.69) is 37.9 Å². The molecule has 21 heavy (non-hydrogen) atoms. The zero-order chi connectivity index (χ0) is 15.2. The molecule has 2 aliphatic rings. The molecule has 1 aliphatic carbocycles. The van der Waals surface area contributed by atoms with Crippen LogP contribution in [0.2, 0.25) is 0 Å². The normalized spacial score (nSPS) is 26.8. The van der Waals surface area contributed by atoms with E-state index in [1.165, 1.54) is 11.1 Å². The number of rotatable bonds is 4. The summed E-state index contributed by atoms with van der Waals surface area (Å²) in [7, 11) is 0. The summed E-state index contributed by atoms with van der Waals surface area (Å²) in [6.07, 6.45) is 9.59. The monoisotopic (exact) mass is 289 g/mol. The lowest BCUT2D eigenvalue weighted by Gasteiger charge is -2.18. The van der Waals surface area contributed by atoms with Crippen LogP contribution >= 0.6 is 0 Å². The summed E-state index contributed by atoms with van der Waals surface area (Å²) in [4.78, 5) is 11.8. The molecule has 0 aromatic heterocycles. The van der Waals surface area contributed by atoms with Crippen molar-refractivity contribution in [1.29, 1.82) is 0 Å². The fourth-order valence-electron chi connectivity index (χ4n) is 3.02. The van der Waals surface area contributed by atoms with E-state index in [0.717, 1.165) is 45.2 Å². The Morgan fingerprint density at radius 3 is 3.00 bits per heavy atom. The molecule has 1 N–H and O–H groups in total. The van der Waals surface area contributed by atoms with Crippen LogP contribution in [0.15, 0.2) is 35.5 Å². The minimum Gasteiger partial charge on any atom is -0.454 e. The lowest BCUT2D eigenvalue weighted by atomic mass is 9.88. The zero-order valence-electron chi connectivity index (χ0n) is 13.3. The minimum absolute atomic E-state index is 0.104. The molecule has 2 rings (SSSR count). The number of hydrogen-bond donors (Lipinski definition) is 1. The van der Waals surface area contributed by atoms with Gasteiger partial charge < -0.3 is 10.1 Å². The number of ether oxygens (including phenoxy) is 1. The standard InChI is InChI=1S/C18H27NO2/c1-4-10-19-12-15-7-5-6-13(2)11-17-16(9-8-15)14(3)18(20)21-17/h7,11,16-17,19H,3-6,8-10,12H2,1-2H3/t16-,17-/m1/s1. The lowest BCUT2D eigenvalue weighted by molar-refractivity contribution is -0.137. The van der Waals surface area contributed by atoms with Crippen molar-refractivity contribution >= 4 is 5.97 Å². The first-order chi connectivity index (χ1) is 10.1.